The quantitative estimate of drug-likeness (QED) is 0.362. The molecule has 0 N–H and O–H groups in total. The molecular formula is C26H23F. The molecule has 0 fully saturated rings. The summed E-state index contributed by atoms with van der Waals surface area (Å²) < 4.78 is 15.0. The molecule has 1 heteroatoms. The third-order valence-corrected chi connectivity index (χ3v) is 5.24. The molecule has 134 valence electrons. The number of aryl methyl sites for hydroxylation is 3. The van der Waals surface area contributed by atoms with E-state index in [4.69, 9.17) is 0 Å². The van der Waals surface area contributed by atoms with Crippen LogP contribution in [0.1, 0.15) is 23.6 Å². The van der Waals surface area contributed by atoms with Gasteiger partial charge in [-0.05, 0) is 46.9 Å². The van der Waals surface area contributed by atoms with E-state index in [0.29, 0.717) is 10.9 Å². The maximum atomic E-state index is 15.0. The smallest absolute Gasteiger partial charge is 0.138 e. The third kappa shape index (κ3) is 3.78. The minimum absolute atomic E-state index is 0.139. The molecular weight excluding hydrogens is 331 g/mol. The first-order chi connectivity index (χ1) is 13.2. The predicted molar refractivity (Wildman–Crippen MR) is 113 cm³/mol. The fourth-order valence-corrected chi connectivity index (χ4v) is 3.57. The molecule has 0 aliphatic carbocycles. The van der Waals surface area contributed by atoms with Crippen molar-refractivity contribution in [1.82, 2.24) is 0 Å². The zero-order valence-electron chi connectivity index (χ0n) is 15.6. The van der Waals surface area contributed by atoms with Gasteiger partial charge in [-0.25, -0.2) is 4.39 Å². The Labute approximate surface area is 160 Å². The van der Waals surface area contributed by atoms with Gasteiger partial charge in [-0.15, -0.1) is 0 Å². The van der Waals surface area contributed by atoms with Gasteiger partial charge in [-0.2, -0.15) is 0 Å². The normalized spacial score (nSPS) is 11.0. The first-order valence-electron chi connectivity index (χ1n) is 9.59. The Kier molecular flexibility index (Phi) is 5.02. The summed E-state index contributed by atoms with van der Waals surface area (Å²) in [7, 11) is 0. The summed E-state index contributed by atoms with van der Waals surface area (Å²) >= 11 is 0. The Balaban J connectivity index is 1.57. The van der Waals surface area contributed by atoms with Crippen molar-refractivity contribution in [2.24, 2.45) is 0 Å². The van der Waals surface area contributed by atoms with E-state index in [9.17, 15) is 0 Å². The number of hydrogen-bond donors (Lipinski definition) is 0. The molecule has 4 aromatic carbocycles. The number of halogens is 1. The molecule has 0 heterocycles. The molecule has 0 amide bonds. The second-order valence-electron chi connectivity index (χ2n) is 7.02. The summed E-state index contributed by atoms with van der Waals surface area (Å²) in [6.07, 6.45) is 3.03. The number of hydrogen-bond acceptors (Lipinski definition) is 0. The van der Waals surface area contributed by atoms with E-state index in [1.165, 1.54) is 16.7 Å². The maximum absolute atomic E-state index is 15.0. The van der Waals surface area contributed by atoms with Gasteiger partial charge < -0.3 is 0 Å². The van der Waals surface area contributed by atoms with Crippen molar-refractivity contribution in [2.45, 2.75) is 26.2 Å². The highest BCUT2D eigenvalue weighted by Gasteiger charge is 2.09. The Hall–Kier alpha value is -2.93. The van der Waals surface area contributed by atoms with Crippen LogP contribution in [0.25, 0.3) is 21.9 Å². The summed E-state index contributed by atoms with van der Waals surface area (Å²) in [4.78, 5) is 0. The maximum Gasteiger partial charge on any atom is 0.138 e. The van der Waals surface area contributed by atoms with Gasteiger partial charge in [0.1, 0.15) is 5.82 Å². The van der Waals surface area contributed by atoms with Crippen molar-refractivity contribution in [3.63, 3.8) is 0 Å². The summed E-state index contributed by atoms with van der Waals surface area (Å²) in [6.45, 7) is 2.17. The van der Waals surface area contributed by atoms with E-state index in [0.717, 1.165) is 30.2 Å². The number of fused-ring (bicyclic) bond motifs is 1. The summed E-state index contributed by atoms with van der Waals surface area (Å²) in [5.74, 6) is -0.139. The number of benzene rings is 4. The van der Waals surface area contributed by atoms with Crippen LogP contribution >= 0.6 is 0 Å². The molecule has 4 aromatic rings. The minimum atomic E-state index is -0.139. The van der Waals surface area contributed by atoms with Crippen LogP contribution in [0.15, 0.2) is 84.9 Å². The first kappa shape index (κ1) is 17.5. The van der Waals surface area contributed by atoms with Gasteiger partial charge in [0.15, 0.2) is 0 Å². The average molecular weight is 354 g/mol. The molecule has 0 saturated heterocycles. The van der Waals surface area contributed by atoms with Gasteiger partial charge in [0.25, 0.3) is 0 Å². The van der Waals surface area contributed by atoms with Crippen molar-refractivity contribution in [3.05, 3.63) is 107 Å². The van der Waals surface area contributed by atoms with Crippen molar-refractivity contribution in [2.75, 3.05) is 0 Å². The fraction of sp³-hybridized carbons (Fsp3) is 0.154. The van der Waals surface area contributed by atoms with Crippen LogP contribution in [0.3, 0.4) is 0 Å². The first-order valence-corrected chi connectivity index (χ1v) is 9.59. The minimum Gasteiger partial charge on any atom is -0.206 e. The van der Waals surface area contributed by atoms with Crippen LogP contribution in [-0.4, -0.2) is 0 Å². The number of rotatable bonds is 5. The molecule has 0 spiro atoms. The topological polar surface area (TPSA) is 0 Å². The van der Waals surface area contributed by atoms with E-state index in [-0.39, 0.29) is 5.82 Å². The van der Waals surface area contributed by atoms with Gasteiger partial charge in [0, 0.05) is 10.9 Å². The van der Waals surface area contributed by atoms with E-state index < -0.39 is 0 Å². The standard InChI is InChI=1S/C26H23F/c1-2-19-8-10-20(11-9-19)12-13-21-14-16-25-23(18-21)15-17-24(26(25)27)22-6-4-3-5-7-22/h3-11,14-18H,2,12-13H2,1H3. The summed E-state index contributed by atoms with van der Waals surface area (Å²) in [5.41, 5.74) is 5.53. The van der Waals surface area contributed by atoms with E-state index >= 15 is 4.39 Å². The van der Waals surface area contributed by atoms with E-state index in [2.05, 4.69) is 43.3 Å². The average Bonchev–Trinajstić information content (AvgIpc) is 2.73. The highest BCUT2D eigenvalue weighted by Crippen LogP contribution is 2.29. The molecule has 0 radical (unpaired) electrons. The summed E-state index contributed by atoms with van der Waals surface area (Å²) in [6, 6.07) is 28.6. The van der Waals surface area contributed by atoms with Gasteiger partial charge in [0.05, 0.1) is 0 Å². The van der Waals surface area contributed by atoms with Crippen LogP contribution in [0.2, 0.25) is 0 Å². The molecule has 4 rings (SSSR count). The highest BCUT2D eigenvalue weighted by molar-refractivity contribution is 5.88. The lowest BCUT2D eigenvalue weighted by atomic mass is 9.97. The predicted octanol–water partition coefficient (Wildman–Crippen LogP) is 6.99. The fourth-order valence-electron chi connectivity index (χ4n) is 3.57. The highest BCUT2D eigenvalue weighted by atomic mass is 19.1. The molecule has 0 unspecified atom stereocenters. The lowest BCUT2D eigenvalue weighted by Gasteiger charge is -2.09. The van der Waals surface area contributed by atoms with Gasteiger partial charge in [-0.3, -0.25) is 0 Å². The van der Waals surface area contributed by atoms with Crippen molar-refractivity contribution in [3.8, 4) is 11.1 Å². The molecule has 0 aromatic heterocycles. The lowest BCUT2D eigenvalue weighted by molar-refractivity contribution is 0.643. The SMILES string of the molecule is CCc1ccc(CCc2ccc3c(F)c(-c4ccccc4)ccc3c2)cc1. The van der Waals surface area contributed by atoms with Gasteiger partial charge in [-0.1, -0.05) is 91.9 Å². The zero-order chi connectivity index (χ0) is 18.6. The lowest BCUT2D eigenvalue weighted by Crippen LogP contribution is -1.93. The zero-order valence-corrected chi connectivity index (χ0v) is 15.6. The third-order valence-electron chi connectivity index (χ3n) is 5.24. The second-order valence-corrected chi connectivity index (χ2v) is 7.02. The molecule has 0 saturated carbocycles. The molecule has 0 aliphatic heterocycles. The Bertz CT molecular complexity index is 1050. The Morgan fingerprint density at radius 1 is 0.667 bits per heavy atom. The largest absolute Gasteiger partial charge is 0.206 e. The molecule has 0 bridgehead atoms. The summed E-state index contributed by atoms with van der Waals surface area (Å²) in [5, 5.41) is 1.65. The van der Waals surface area contributed by atoms with Gasteiger partial charge in [0.2, 0.25) is 0 Å². The van der Waals surface area contributed by atoms with Gasteiger partial charge >= 0.3 is 0 Å². The van der Waals surface area contributed by atoms with E-state index in [1.54, 1.807) is 0 Å². The van der Waals surface area contributed by atoms with Crippen molar-refractivity contribution in [1.29, 1.82) is 0 Å². The monoisotopic (exact) mass is 354 g/mol. The van der Waals surface area contributed by atoms with Crippen LogP contribution < -0.4 is 0 Å². The Morgan fingerprint density at radius 3 is 2.07 bits per heavy atom. The van der Waals surface area contributed by atoms with E-state index in [1.807, 2.05) is 48.5 Å². The van der Waals surface area contributed by atoms with Crippen LogP contribution in [0.5, 0.6) is 0 Å². The van der Waals surface area contributed by atoms with Crippen molar-refractivity contribution >= 4 is 10.8 Å². The molecule has 0 nitrogen and oxygen atoms in total. The van der Waals surface area contributed by atoms with Crippen LogP contribution in [0.4, 0.5) is 4.39 Å². The molecule has 27 heavy (non-hydrogen) atoms. The molecule has 0 atom stereocenters. The Morgan fingerprint density at radius 2 is 1.33 bits per heavy atom. The molecule has 0 aliphatic rings. The van der Waals surface area contributed by atoms with Crippen molar-refractivity contribution < 1.29 is 4.39 Å². The van der Waals surface area contributed by atoms with Crippen LogP contribution in [0, 0.1) is 5.82 Å². The van der Waals surface area contributed by atoms with Crippen LogP contribution in [-0.2, 0) is 19.3 Å². The second kappa shape index (κ2) is 7.75.